The Hall–Kier alpha value is -1.78. The zero-order chi connectivity index (χ0) is 19.5. The Morgan fingerprint density at radius 3 is 1.81 bits per heavy atom. The van der Waals surface area contributed by atoms with Gasteiger partial charge in [-0.05, 0) is 35.4 Å². The molecule has 0 amide bonds. The largest absolute Gasteiger partial charge is 0.497 e. The van der Waals surface area contributed by atoms with E-state index in [0.717, 1.165) is 18.0 Å². The van der Waals surface area contributed by atoms with E-state index in [1.54, 1.807) is 7.11 Å². The number of benzene rings is 3. The van der Waals surface area contributed by atoms with Crippen molar-refractivity contribution in [3.8, 4) is 5.75 Å². The minimum Gasteiger partial charge on any atom is -0.497 e. The quantitative estimate of drug-likeness (QED) is 0.423. The van der Waals surface area contributed by atoms with Crippen LogP contribution in [-0.2, 0) is 24.9 Å². The van der Waals surface area contributed by atoms with Gasteiger partial charge in [0, 0.05) is 18.8 Å². The van der Waals surface area contributed by atoms with Gasteiger partial charge in [-0.25, -0.2) is 0 Å². The third-order valence-corrected chi connectivity index (χ3v) is 6.14. The maximum absolute atomic E-state index is 5.40. The summed E-state index contributed by atoms with van der Waals surface area (Å²) >= 11 is 9.90. The smallest absolute Gasteiger partial charge is 0.119 e. The third-order valence-electron chi connectivity index (χ3n) is 3.88. The Balaban J connectivity index is 0.000000273. The molecule has 0 aliphatic rings. The summed E-state index contributed by atoms with van der Waals surface area (Å²) in [5.41, 5.74) is 8.86. The van der Waals surface area contributed by atoms with Crippen molar-refractivity contribution in [2.24, 2.45) is 5.73 Å². The second-order valence-electron chi connectivity index (χ2n) is 5.74. The molecule has 0 aliphatic carbocycles. The molecule has 3 aromatic carbocycles. The lowest BCUT2D eigenvalue weighted by Gasteiger charge is -2.24. The predicted octanol–water partition coefficient (Wildman–Crippen LogP) is 5.28. The number of ether oxygens (including phenoxy) is 1. The van der Waals surface area contributed by atoms with Crippen molar-refractivity contribution in [1.82, 2.24) is 0 Å². The van der Waals surface area contributed by atoms with E-state index in [-0.39, 0.29) is 0 Å². The van der Waals surface area contributed by atoms with Crippen LogP contribution in [0.15, 0.2) is 84.9 Å². The van der Waals surface area contributed by atoms with Gasteiger partial charge in [-0.1, -0.05) is 72.5 Å². The van der Waals surface area contributed by atoms with Gasteiger partial charge in [0.15, 0.2) is 0 Å². The van der Waals surface area contributed by atoms with Crippen LogP contribution in [0.2, 0.25) is 0 Å². The van der Waals surface area contributed by atoms with Gasteiger partial charge in [0.25, 0.3) is 0 Å². The molecule has 142 valence electrons. The molecule has 1 atom stereocenters. The van der Waals surface area contributed by atoms with E-state index in [1.165, 1.54) is 11.1 Å². The summed E-state index contributed by atoms with van der Waals surface area (Å²) in [4.78, 5) is 0. The van der Waals surface area contributed by atoms with Crippen LogP contribution in [0.1, 0.15) is 11.1 Å². The molecule has 0 aliphatic heterocycles. The van der Waals surface area contributed by atoms with E-state index in [2.05, 4.69) is 29.1 Å². The van der Waals surface area contributed by atoms with Crippen LogP contribution in [-0.4, -0.2) is 7.11 Å². The van der Waals surface area contributed by atoms with Crippen molar-refractivity contribution in [1.29, 1.82) is 0 Å². The minimum absolute atomic E-state index is 0.640. The van der Waals surface area contributed by atoms with Crippen LogP contribution in [0.3, 0.4) is 0 Å². The van der Waals surface area contributed by atoms with E-state index >= 15 is 0 Å². The number of methoxy groups -OCH3 is 1. The summed E-state index contributed by atoms with van der Waals surface area (Å²) in [5, 5.41) is 0. The molecular weight excluding hydrogens is 391 g/mol. The van der Waals surface area contributed by atoms with E-state index in [9.17, 15) is 0 Å². The Kier molecular flexibility index (Phi) is 9.43. The van der Waals surface area contributed by atoms with Crippen molar-refractivity contribution in [3.05, 3.63) is 96.1 Å². The number of hydrogen-bond acceptors (Lipinski definition) is 3. The minimum atomic E-state index is -1.27. The lowest BCUT2D eigenvalue weighted by Crippen LogP contribution is -2.11. The molecule has 0 fully saturated rings. The monoisotopic (exact) mass is 416 g/mol. The highest BCUT2D eigenvalue weighted by molar-refractivity contribution is 8.56. The Bertz CT molecular complexity index is 815. The first-order valence-electron chi connectivity index (χ1n) is 8.56. The van der Waals surface area contributed by atoms with Crippen LogP contribution in [0, 0.1) is 0 Å². The normalized spacial score (nSPS) is 11.1. The molecule has 6 heteroatoms. The SMILES string of the molecule is COc1ccc(N(Cc2ccccc2)[PH](=S)S)cc1.NCc1ccccc1. The van der Waals surface area contributed by atoms with Gasteiger partial charge in [-0.3, -0.25) is 0 Å². The van der Waals surface area contributed by atoms with Gasteiger partial charge in [0.1, 0.15) is 5.75 Å². The fourth-order valence-electron chi connectivity index (χ4n) is 2.41. The molecule has 3 nitrogen and oxygen atoms in total. The zero-order valence-electron chi connectivity index (χ0n) is 15.3. The van der Waals surface area contributed by atoms with Gasteiger partial charge < -0.3 is 15.1 Å². The number of nitrogens with zero attached hydrogens (tertiary/aromatic N) is 1. The molecule has 0 heterocycles. The Morgan fingerprint density at radius 1 is 0.889 bits per heavy atom. The van der Waals surface area contributed by atoms with Crippen LogP contribution >= 0.6 is 18.3 Å². The summed E-state index contributed by atoms with van der Waals surface area (Å²) in [6, 6.07) is 26.9. The van der Waals surface area contributed by atoms with E-state index < -0.39 is 6.05 Å². The number of thiol groups is 1. The second-order valence-corrected chi connectivity index (χ2v) is 10.2. The maximum atomic E-state index is 5.40. The average Bonchev–Trinajstić information content (AvgIpc) is 2.74. The molecule has 0 saturated heterocycles. The van der Waals surface area contributed by atoms with E-state index in [1.807, 2.05) is 72.8 Å². The van der Waals surface area contributed by atoms with Crippen LogP contribution in [0.5, 0.6) is 5.75 Å². The third kappa shape index (κ3) is 7.39. The summed E-state index contributed by atoms with van der Waals surface area (Å²) in [6.07, 6.45) is 0. The lowest BCUT2D eigenvalue weighted by atomic mass is 10.2. The highest BCUT2D eigenvalue weighted by atomic mass is 32.9. The molecular formula is C21H25N2OPS2. The molecule has 0 spiro atoms. The molecule has 27 heavy (non-hydrogen) atoms. The van der Waals surface area contributed by atoms with Crippen molar-refractivity contribution in [2.45, 2.75) is 13.1 Å². The summed E-state index contributed by atoms with van der Waals surface area (Å²) < 4.78 is 7.34. The predicted molar refractivity (Wildman–Crippen MR) is 125 cm³/mol. The molecule has 3 rings (SSSR count). The van der Waals surface area contributed by atoms with E-state index in [0.29, 0.717) is 6.54 Å². The molecule has 0 saturated carbocycles. The zero-order valence-corrected chi connectivity index (χ0v) is 18.0. The molecule has 1 unspecified atom stereocenters. The van der Waals surface area contributed by atoms with Crippen LogP contribution in [0.25, 0.3) is 0 Å². The molecule has 3 aromatic rings. The summed E-state index contributed by atoms with van der Waals surface area (Å²) in [5.74, 6) is 0.848. The number of hydrogen-bond donors (Lipinski definition) is 2. The standard InChI is InChI=1S/C14H16NOPS2.C7H9N/c1-16-14-9-7-13(8-10-14)15(17(18)19)11-12-5-3-2-4-6-12;8-6-7-4-2-1-3-5-7/h2-10,17H,11H2,1H3,(H,18,19);1-5H,6,8H2. The second kappa shape index (κ2) is 11.8. The van der Waals surface area contributed by atoms with Crippen molar-refractivity contribution in [2.75, 3.05) is 11.8 Å². The number of anilines is 1. The van der Waals surface area contributed by atoms with Gasteiger partial charge >= 0.3 is 0 Å². The van der Waals surface area contributed by atoms with Crippen LogP contribution < -0.4 is 15.1 Å². The van der Waals surface area contributed by atoms with Gasteiger partial charge in [0.2, 0.25) is 0 Å². The van der Waals surface area contributed by atoms with Gasteiger partial charge in [-0.15, -0.1) is 12.2 Å². The summed E-state index contributed by atoms with van der Waals surface area (Å²) in [7, 11) is 1.66. The Labute approximate surface area is 172 Å². The lowest BCUT2D eigenvalue weighted by molar-refractivity contribution is 0.415. The molecule has 0 bridgehead atoms. The van der Waals surface area contributed by atoms with Gasteiger partial charge in [-0.2, -0.15) is 0 Å². The number of nitrogens with two attached hydrogens (primary N) is 1. The van der Waals surface area contributed by atoms with Crippen molar-refractivity contribution in [3.63, 3.8) is 0 Å². The van der Waals surface area contributed by atoms with Crippen molar-refractivity contribution < 1.29 is 4.74 Å². The first kappa shape index (κ1) is 21.5. The number of rotatable bonds is 6. The van der Waals surface area contributed by atoms with E-state index in [4.69, 9.17) is 22.3 Å². The molecule has 2 N–H and O–H groups in total. The highest BCUT2D eigenvalue weighted by Gasteiger charge is 2.08. The summed E-state index contributed by atoms with van der Waals surface area (Å²) in [6.45, 7) is 1.43. The fraction of sp³-hybridized carbons (Fsp3) is 0.143. The molecule has 0 radical (unpaired) electrons. The fourth-order valence-corrected chi connectivity index (χ4v) is 4.17. The maximum Gasteiger partial charge on any atom is 0.119 e. The van der Waals surface area contributed by atoms with Gasteiger partial charge in [0.05, 0.1) is 13.2 Å². The first-order valence-corrected chi connectivity index (χ1v) is 12.4. The van der Waals surface area contributed by atoms with Crippen molar-refractivity contribution >= 4 is 35.8 Å². The Morgan fingerprint density at radius 2 is 1.41 bits per heavy atom. The highest BCUT2D eigenvalue weighted by Crippen LogP contribution is 2.39. The average molecular weight is 417 g/mol. The van der Waals surface area contributed by atoms with Crippen LogP contribution in [0.4, 0.5) is 5.69 Å². The topological polar surface area (TPSA) is 38.5 Å². The first-order chi connectivity index (χ1) is 13.1. The molecule has 0 aromatic heterocycles.